The molecule has 0 aromatic heterocycles. The molecule has 1 fully saturated rings. The van der Waals surface area contributed by atoms with E-state index in [0.29, 0.717) is 17.2 Å². The molecule has 2 aromatic rings. The van der Waals surface area contributed by atoms with Gasteiger partial charge >= 0.3 is 6.03 Å². The van der Waals surface area contributed by atoms with E-state index in [1.807, 2.05) is 29.2 Å². The maximum Gasteiger partial charge on any atom is 0.322 e. The maximum absolute atomic E-state index is 12.9. The molecule has 6 nitrogen and oxygen atoms in total. The number of hydrogen-bond donors (Lipinski definition) is 1. The summed E-state index contributed by atoms with van der Waals surface area (Å²) < 4.78 is 15.8. The first-order valence-electron chi connectivity index (χ1n) is 8.60. The van der Waals surface area contributed by atoms with E-state index >= 15 is 0 Å². The molecule has 0 unspecified atom stereocenters. The summed E-state index contributed by atoms with van der Waals surface area (Å²) in [5, 5.41) is 2.96. The summed E-state index contributed by atoms with van der Waals surface area (Å²) in [4.78, 5) is 14.7. The fraction of sp³-hybridized carbons (Fsp3) is 0.350. The quantitative estimate of drug-likeness (QED) is 0.877. The zero-order valence-corrected chi connectivity index (χ0v) is 15.3. The molecule has 0 radical (unpaired) electrons. The van der Waals surface area contributed by atoms with Crippen LogP contribution < -0.4 is 19.5 Å². The topological polar surface area (TPSA) is 60.0 Å². The van der Waals surface area contributed by atoms with E-state index in [1.165, 1.54) is 0 Å². The molecule has 1 aliphatic rings. The number of urea groups is 1. The lowest BCUT2D eigenvalue weighted by Gasteiger charge is -2.26. The number of anilines is 1. The van der Waals surface area contributed by atoms with E-state index in [9.17, 15) is 4.79 Å². The van der Waals surface area contributed by atoms with Gasteiger partial charge in [-0.1, -0.05) is 12.1 Å². The Morgan fingerprint density at radius 1 is 1.00 bits per heavy atom. The number of nitrogens with zero attached hydrogens (tertiary/aromatic N) is 1. The van der Waals surface area contributed by atoms with Crippen LogP contribution in [0.25, 0.3) is 0 Å². The highest BCUT2D eigenvalue weighted by Crippen LogP contribution is 2.35. The molecule has 6 heteroatoms. The Labute approximate surface area is 153 Å². The lowest BCUT2D eigenvalue weighted by atomic mass is 10.0. The standard InChI is InChI=1S/C20H24N2O4/c1-24-15-8-6-14(7-9-15)18-5-4-12-22(18)20(23)21-17-13-16(25-2)10-11-19(17)26-3/h6-11,13,18H,4-5,12H2,1-3H3,(H,21,23)/t18-/m0/s1. The fourth-order valence-corrected chi connectivity index (χ4v) is 3.28. The summed E-state index contributed by atoms with van der Waals surface area (Å²) in [5.41, 5.74) is 1.70. The molecule has 2 amide bonds. The number of nitrogens with one attached hydrogen (secondary N) is 1. The van der Waals surface area contributed by atoms with Crippen LogP contribution in [0, 0.1) is 0 Å². The first-order valence-corrected chi connectivity index (χ1v) is 8.60. The van der Waals surface area contributed by atoms with Gasteiger partial charge in [0.25, 0.3) is 0 Å². The molecule has 0 saturated carbocycles. The van der Waals surface area contributed by atoms with E-state index in [0.717, 1.165) is 30.7 Å². The van der Waals surface area contributed by atoms with Crippen LogP contribution in [0.2, 0.25) is 0 Å². The smallest absolute Gasteiger partial charge is 0.322 e. The SMILES string of the molecule is COc1ccc([C@@H]2CCCN2C(=O)Nc2cc(OC)ccc2OC)cc1. The van der Waals surface area contributed by atoms with Crippen molar-refractivity contribution in [1.82, 2.24) is 4.90 Å². The molecule has 1 atom stereocenters. The number of ether oxygens (including phenoxy) is 3. The summed E-state index contributed by atoms with van der Waals surface area (Å²) in [5.74, 6) is 2.07. The first-order chi connectivity index (χ1) is 12.7. The molecule has 1 saturated heterocycles. The summed E-state index contributed by atoms with van der Waals surface area (Å²) in [6, 6.07) is 13.1. The Morgan fingerprint density at radius 2 is 1.69 bits per heavy atom. The number of carbonyl (C=O) groups excluding carboxylic acids is 1. The number of hydrogen-bond acceptors (Lipinski definition) is 4. The molecule has 0 spiro atoms. The number of benzene rings is 2. The summed E-state index contributed by atoms with van der Waals surface area (Å²) >= 11 is 0. The predicted octanol–water partition coefficient (Wildman–Crippen LogP) is 4.08. The van der Waals surface area contributed by atoms with Gasteiger partial charge in [0.1, 0.15) is 17.2 Å². The van der Waals surface area contributed by atoms with E-state index in [4.69, 9.17) is 14.2 Å². The highest BCUT2D eigenvalue weighted by molar-refractivity contribution is 5.91. The van der Waals surface area contributed by atoms with Gasteiger partial charge in [-0.05, 0) is 42.7 Å². The molecule has 3 rings (SSSR count). The van der Waals surface area contributed by atoms with Gasteiger partial charge in [-0.25, -0.2) is 4.79 Å². The van der Waals surface area contributed by atoms with Gasteiger partial charge in [-0.3, -0.25) is 0 Å². The van der Waals surface area contributed by atoms with Crippen molar-refractivity contribution >= 4 is 11.7 Å². The normalized spacial score (nSPS) is 16.3. The molecule has 0 bridgehead atoms. The van der Waals surface area contributed by atoms with Gasteiger partial charge in [-0.2, -0.15) is 0 Å². The monoisotopic (exact) mass is 356 g/mol. The van der Waals surface area contributed by atoms with Crippen LogP contribution in [0.4, 0.5) is 10.5 Å². The van der Waals surface area contributed by atoms with Crippen LogP contribution in [0.15, 0.2) is 42.5 Å². The van der Waals surface area contributed by atoms with Gasteiger partial charge in [0.15, 0.2) is 0 Å². The summed E-state index contributed by atoms with van der Waals surface area (Å²) in [7, 11) is 4.81. The largest absolute Gasteiger partial charge is 0.497 e. The molecule has 1 N–H and O–H groups in total. The second-order valence-corrected chi connectivity index (χ2v) is 6.12. The van der Waals surface area contributed by atoms with Crippen LogP contribution >= 0.6 is 0 Å². The maximum atomic E-state index is 12.9. The second kappa shape index (κ2) is 7.99. The predicted molar refractivity (Wildman–Crippen MR) is 100 cm³/mol. The molecular formula is C20H24N2O4. The molecule has 26 heavy (non-hydrogen) atoms. The number of carbonyl (C=O) groups is 1. The van der Waals surface area contributed by atoms with Gasteiger partial charge in [0.05, 0.1) is 33.1 Å². The number of amides is 2. The van der Waals surface area contributed by atoms with Crippen molar-refractivity contribution in [2.24, 2.45) is 0 Å². The zero-order valence-electron chi connectivity index (χ0n) is 15.3. The summed E-state index contributed by atoms with van der Waals surface area (Å²) in [6.07, 6.45) is 1.91. The van der Waals surface area contributed by atoms with Gasteiger partial charge in [0.2, 0.25) is 0 Å². The molecule has 1 aliphatic heterocycles. The number of likely N-dealkylation sites (tertiary alicyclic amines) is 1. The van der Waals surface area contributed by atoms with E-state index in [1.54, 1.807) is 39.5 Å². The van der Waals surface area contributed by atoms with Crippen molar-refractivity contribution in [3.8, 4) is 17.2 Å². The lowest BCUT2D eigenvalue weighted by Crippen LogP contribution is -2.34. The lowest BCUT2D eigenvalue weighted by molar-refractivity contribution is 0.207. The molecular weight excluding hydrogens is 332 g/mol. The van der Waals surface area contributed by atoms with Crippen LogP contribution in [0.3, 0.4) is 0 Å². The van der Waals surface area contributed by atoms with Crippen molar-refractivity contribution in [3.05, 3.63) is 48.0 Å². The molecule has 2 aromatic carbocycles. The van der Waals surface area contributed by atoms with Crippen molar-refractivity contribution in [3.63, 3.8) is 0 Å². The minimum absolute atomic E-state index is 0.0532. The third-order valence-corrected chi connectivity index (χ3v) is 4.66. The van der Waals surface area contributed by atoms with Crippen molar-refractivity contribution < 1.29 is 19.0 Å². The van der Waals surface area contributed by atoms with Gasteiger partial charge in [0, 0.05) is 12.6 Å². The highest BCUT2D eigenvalue weighted by atomic mass is 16.5. The van der Waals surface area contributed by atoms with E-state index < -0.39 is 0 Å². The molecule has 138 valence electrons. The first kappa shape index (κ1) is 17.9. The van der Waals surface area contributed by atoms with Crippen molar-refractivity contribution in [2.75, 3.05) is 33.2 Å². The van der Waals surface area contributed by atoms with Gasteiger partial charge in [-0.15, -0.1) is 0 Å². The third kappa shape index (κ3) is 3.69. The average Bonchev–Trinajstić information content (AvgIpc) is 3.18. The van der Waals surface area contributed by atoms with Crippen molar-refractivity contribution in [1.29, 1.82) is 0 Å². The van der Waals surface area contributed by atoms with Gasteiger partial charge < -0.3 is 24.4 Å². The molecule has 0 aliphatic carbocycles. The van der Waals surface area contributed by atoms with Crippen LogP contribution in [-0.2, 0) is 0 Å². The van der Waals surface area contributed by atoms with E-state index in [-0.39, 0.29) is 12.1 Å². The highest BCUT2D eigenvalue weighted by Gasteiger charge is 2.30. The Balaban J connectivity index is 1.78. The fourth-order valence-electron chi connectivity index (χ4n) is 3.28. The van der Waals surface area contributed by atoms with Crippen LogP contribution in [0.1, 0.15) is 24.4 Å². The van der Waals surface area contributed by atoms with E-state index in [2.05, 4.69) is 5.32 Å². The average molecular weight is 356 g/mol. The van der Waals surface area contributed by atoms with Crippen LogP contribution in [-0.4, -0.2) is 38.8 Å². The number of rotatable bonds is 5. The Morgan fingerprint density at radius 3 is 2.35 bits per heavy atom. The Kier molecular flexibility index (Phi) is 5.51. The summed E-state index contributed by atoms with van der Waals surface area (Å²) in [6.45, 7) is 0.717. The Hall–Kier alpha value is -2.89. The zero-order chi connectivity index (χ0) is 18.5. The minimum atomic E-state index is -0.144. The minimum Gasteiger partial charge on any atom is -0.497 e. The third-order valence-electron chi connectivity index (χ3n) is 4.66. The van der Waals surface area contributed by atoms with Crippen LogP contribution in [0.5, 0.6) is 17.2 Å². The Bertz CT molecular complexity index is 761. The molecule has 1 heterocycles. The number of methoxy groups -OCH3 is 3. The van der Waals surface area contributed by atoms with Crippen molar-refractivity contribution in [2.45, 2.75) is 18.9 Å². The second-order valence-electron chi connectivity index (χ2n) is 6.12.